The highest BCUT2D eigenvalue weighted by Gasteiger charge is 2.42. The first-order valence-corrected chi connectivity index (χ1v) is 4.41. The SMILES string of the molecule is CC1(C)CC(CC2CO2)C(=O)O1. The van der Waals surface area contributed by atoms with E-state index in [2.05, 4.69) is 0 Å². The van der Waals surface area contributed by atoms with Gasteiger partial charge in [-0.05, 0) is 20.3 Å². The molecule has 2 saturated heterocycles. The third kappa shape index (κ3) is 1.61. The first-order chi connectivity index (χ1) is 5.57. The molecule has 2 unspecified atom stereocenters. The zero-order valence-corrected chi connectivity index (χ0v) is 7.50. The molecule has 0 aromatic rings. The Hall–Kier alpha value is -0.570. The number of esters is 1. The Kier molecular flexibility index (Phi) is 1.65. The van der Waals surface area contributed by atoms with Gasteiger partial charge in [0.1, 0.15) is 5.60 Å². The Labute approximate surface area is 72.0 Å². The monoisotopic (exact) mass is 170 g/mol. The molecule has 0 aliphatic carbocycles. The Morgan fingerprint density at radius 3 is 2.67 bits per heavy atom. The largest absolute Gasteiger partial charge is 0.459 e. The molecule has 3 nitrogen and oxygen atoms in total. The van der Waals surface area contributed by atoms with Crippen LogP contribution in [0.5, 0.6) is 0 Å². The van der Waals surface area contributed by atoms with E-state index in [0.717, 1.165) is 19.4 Å². The fraction of sp³-hybridized carbons (Fsp3) is 0.889. The smallest absolute Gasteiger partial charge is 0.309 e. The minimum Gasteiger partial charge on any atom is -0.459 e. The van der Waals surface area contributed by atoms with Crippen molar-refractivity contribution < 1.29 is 14.3 Å². The van der Waals surface area contributed by atoms with Crippen LogP contribution in [0.3, 0.4) is 0 Å². The van der Waals surface area contributed by atoms with Crippen LogP contribution in [0.25, 0.3) is 0 Å². The zero-order valence-electron chi connectivity index (χ0n) is 7.50. The topological polar surface area (TPSA) is 38.8 Å². The van der Waals surface area contributed by atoms with Gasteiger partial charge in [-0.15, -0.1) is 0 Å². The summed E-state index contributed by atoms with van der Waals surface area (Å²) in [4.78, 5) is 11.3. The van der Waals surface area contributed by atoms with Crippen LogP contribution in [-0.2, 0) is 14.3 Å². The molecule has 2 rings (SSSR count). The lowest BCUT2D eigenvalue weighted by molar-refractivity contribution is -0.148. The van der Waals surface area contributed by atoms with Crippen molar-refractivity contribution in [2.75, 3.05) is 6.61 Å². The molecule has 2 aliphatic rings. The zero-order chi connectivity index (χ0) is 8.77. The van der Waals surface area contributed by atoms with Crippen molar-refractivity contribution in [2.45, 2.75) is 38.4 Å². The second kappa shape index (κ2) is 2.46. The fourth-order valence-electron chi connectivity index (χ4n) is 1.78. The van der Waals surface area contributed by atoms with Gasteiger partial charge in [0.2, 0.25) is 0 Å². The number of ether oxygens (including phenoxy) is 2. The predicted molar refractivity (Wildman–Crippen MR) is 42.6 cm³/mol. The molecular weight excluding hydrogens is 156 g/mol. The molecule has 12 heavy (non-hydrogen) atoms. The summed E-state index contributed by atoms with van der Waals surface area (Å²) in [7, 11) is 0. The predicted octanol–water partition coefficient (Wildman–Crippen LogP) is 1.12. The van der Waals surface area contributed by atoms with Crippen molar-refractivity contribution in [3.8, 4) is 0 Å². The summed E-state index contributed by atoms with van der Waals surface area (Å²) in [5.74, 6) is 0.0306. The third-order valence-corrected chi connectivity index (χ3v) is 2.40. The fourth-order valence-corrected chi connectivity index (χ4v) is 1.78. The highest BCUT2D eigenvalue weighted by molar-refractivity contribution is 5.75. The minimum atomic E-state index is -0.253. The highest BCUT2D eigenvalue weighted by atomic mass is 16.6. The maximum atomic E-state index is 11.3. The van der Waals surface area contributed by atoms with E-state index in [4.69, 9.17) is 9.47 Å². The van der Waals surface area contributed by atoms with E-state index in [1.165, 1.54) is 0 Å². The van der Waals surface area contributed by atoms with Gasteiger partial charge >= 0.3 is 5.97 Å². The van der Waals surface area contributed by atoms with E-state index in [-0.39, 0.29) is 17.5 Å². The molecule has 0 radical (unpaired) electrons. The lowest BCUT2D eigenvalue weighted by atomic mass is 9.94. The molecule has 68 valence electrons. The molecule has 0 bridgehead atoms. The number of carbonyl (C=O) groups excluding carboxylic acids is 1. The summed E-state index contributed by atoms with van der Waals surface area (Å²) in [6, 6.07) is 0. The van der Waals surface area contributed by atoms with Gasteiger partial charge < -0.3 is 9.47 Å². The Balaban J connectivity index is 1.93. The average Bonchev–Trinajstić information content (AvgIpc) is 2.63. The van der Waals surface area contributed by atoms with Crippen LogP contribution in [0.15, 0.2) is 0 Å². The first-order valence-electron chi connectivity index (χ1n) is 4.41. The molecule has 2 heterocycles. The molecule has 0 aromatic carbocycles. The van der Waals surface area contributed by atoms with Crippen molar-refractivity contribution in [1.82, 2.24) is 0 Å². The summed E-state index contributed by atoms with van der Waals surface area (Å²) in [6.07, 6.45) is 2.02. The maximum absolute atomic E-state index is 11.3. The van der Waals surface area contributed by atoms with E-state index in [1.54, 1.807) is 0 Å². The molecule has 2 aliphatic heterocycles. The number of carbonyl (C=O) groups is 1. The van der Waals surface area contributed by atoms with Gasteiger partial charge in [0.25, 0.3) is 0 Å². The normalized spacial score (nSPS) is 38.0. The van der Waals surface area contributed by atoms with Gasteiger partial charge in [0.15, 0.2) is 0 Å². The van der Waals surface area contributed by atoms with Crippen LogP contribution in [0.4, 0.5) is 0 Å². The number of rotatable bonds is 2. The van der Waals surface area contributed by atoms with Crippen LogP contribution >= 0.6 is 0 Å². The van der Waals surface area contributed by atoms with E-state index in [0.29, 0.717) is 6.10 Å². The molecule has 0 saturated carbocycles. The highest BCUT2D eigenvalue weighted by Crippen LogP contribution is 2.35. The van der Waals surface area contributed by atoms with Crippen molar-refractivity contribution in [2.24, 2.45) is 5.92 Å². The first kappa shape index (κ1) is 8.05. The summed E-state index contributed by atoms with van der Waals surface area (Å²) >= 11 is 0. The van der Waals surface area contributed by atoms with Gasteiger partial charge in [-0.25, -0.2) is 0 Å². The molecule has 0 amide bonds. The van der Waals surface area contributed by atoms with E-state index >= 15 is 0 Å². The van der Waals surface area contributed by atoms with Crippen LogP contribution in [0.1, 0.15) is 26.7 Å². The molecule has 2 atom stereocenters. The van der Waals surface area contributed by atoms with Crippen molar-refractivity contribution in [3.63, 3.8) is 0 Å². The molecule has 2 fully saturated rings. The van der Waals surface area contributed by atoms with Gasteiger partial charge in [0.05, 0.1) is 18.6 Å². The van der Waals surface area contributed by atoms with Crippen molar-refractivity contribution >= 4 is 5.97 Å². The third-order valence-electron chi connectivity index (χ3n) is 2.40. The molecule has 0 spiro atoms. The lowest BCUT2D eigenvalue weighted by Gasteiger charge is -2.14. The van der Waals surface area contributed by atoms with Crippen LogP contribution < -0.4 is 0 Å². The van der Waals surface area contributed by atoms with Gasteiger partial charge in [-0.3, -0.25) is 4.79 Å². The number of cyclic esters (lactones) is 1. The number of hydrogen-bond donors (Lipinski definition) is 0. The standard InChI is InChI=1S/C9H14O3/c1-9(2)4-6(8(10)12-9)3-7-5-11-7/h6-7H,3-5H2,1-2H3. The van der Waals surface area contributed by atoms with Crippen molar-refractivity contribution in [3.05, 3.63) is 0 Å². The van der Waals surface area contributed by atoms with Crippen LogP contribution in [0.2, 0.25) is 0 Å². The second-order valence-corrected chi connectivity index (χ2v) is 4.27. The van der Waals surface area contributed by atoms with Crippen molar-refractivity contribution in [1.29, 1.82) is 0 Å². The molecule has 0 N–H and O–H groups in total. The summed E-state index contributed by atoms with van der Waals surface area (Å²) in [5.41, 5.74) is -0.253. The molecule has 3 heteroatoms. The van der Waals surface area contributed by atoms with Gasteiger partial charge in [0, 0.05) is 6.42 Å². The minimum absolute atomic E-state index is 0.0458. The van der Waals surface area contributed by atoms with Crippen LogP contribution in [0, 0.1) is 5.92 Å². The van der Waals surface area contributed by atoms with E-state index in [9.17, 15) is 4.79 Å². The molecule has 0 aromatic heterocycles. The summed E-state index contributed by atoms with van der Waals surface area (Å²) in [6.45, 7) is 4.74. The quantitative estimate of drug-likeness (QED) is 0.460. The van der Waals surface area contributed by atoms with Gasteiger partial charge in [-0.1, -0.05) is 0 Å². The second-order valence-electron chi connectivity index (χ2n) is 4.27. The van der Waals surface area contributed by atoms with Crippen LogP contribution in [-0.4, -0.2) is 24.3 Å². The lowest BCUT2D eigenvalue weighted by Crippen LogP contribution is -2.17. The van der Waals surface area contributed by atoms with E-state index in [1.807, 2.05) is 13.8 Å². The Morgan fingerprint density at radius 1 is 1.58 bits per heavy atom. The van der Waals surface area contributed by atoms with Gasteiger partial charge in [-0.2, -0.15) is 0 Å². The Morgan fingerprint density at radius 2 is 2.25 bits per heavy atom. The number of hydrogen-bond acceptors (Lipinski definition) is 3. The summed E-state index contributed by atoms with van der Waals surface area (Å²) < 4.78 is 10.3. The average molecular weight is 170 g/mol. The van der Waals surface area contributed by atoms with E-state index < -0.39 is 0 Å². The maximum Gasteiger partial charge on any atom is 0.309 e. The Bertz CT molecular complexity index is 206. The molecular formula is C9H14O3. The number of epoxide rings is 1. The summed E-state index contributed by atoms with van der Waals surface area (Å²) in [5, 5.41) is 0.